The standard InChI is InChI=1S/C25H24N2O2/c1-18-12-14-20(15-13-18)23-25(29)26(2)22-11-7-6-10-21(22)24(28)27(23)17-16-19-8-4-3-5-9-19/h3-15,23H,16-17H2,1-2H3/t23-/m1/s1. The van der Waals surface area contributed by atoms with Gasteiger partial charge < -0.3 is 9.80 Å². The van der Waals surface area contributed by atoms with Crippen LogP contribution in [0.5, 0.6) is 0 Å². The molecule has 2 amide bonds. The molecule has 1 atom stereocenters. The average Bonchev–Trinajstić information content (AvgIpc) is 2.83. The molecule has 1 aliphatic heterocycles. The van der Waals surface area contributed by atoms with Crippen molar-refractivity contribution >= 4 is 17.5 Å². The molecule has 146 valence electrons. The van der Waals surface area contributed by atoms with Crippen LogP contribution in [-0.4, -0.2) is 30.3 Å². The van der Waals surface area contributed by atoms with Crippen LogP contribution in [0.15, 0.2) is 78.9 Å². The number of rotatable bonds is 4. The molecule has 0 fully saturated rings. The smallest absolute Gasteiger partial charge is 0.256 e. The molecule has 4 heteroatoms. The topological polar surface area (TPSA) is 40.6 Å². The summed E-state index contributed by atoms with van der Waals surface area (Å²) in [4.78, 5) is 30.4. The molecule has 0 aliphatic carbocycles. The van der Waals surface area contributed by atoms with Crippen molar-refractivity contribution in [2.24, 2.45) is 0 Å². The van der Waals surface area contributed by atoms with Crippen molar-refractivity contribution in [3.8, 4) is 0 Å². The number of carbonyl (C=O) groups is 2. The van der Waals surface area contributed by atoms with Crippen molar-refractivity contribution in [3.63, 3.8) is 0 Å². The lowest BCUT2D eigenvalue weighted by atomic mass is 10.0. The Hall–Kier alpha value is -3.40. The number of fused-ring (bicyclic) bond motifs is 1. The third-order valence-electron chi connectivity index (χ3n) is 5.51. The van der Waals surface area contributed by atoms with Crippen LogP contribution < -0.4 is 4.90 Å². The third-order valence-corrected chi connectivity index (χ3v) is 5.51. The van der Waals surface area contributed by atoms with Gasteiger partial charge in [0.15, 0.2) is 0 Å². The highest BCUT2D eigenvalue weighted by Crippen LogP contribution is 2.34. The maximum atomic E-state index is 13.5. The minimum atomic E-state index is -0.649. The molecule has 0 saturated carbocycles. The van der Waals surface area contributed by atoms with Gasteiger partial charge >= 0.3 is 0 Å². The summed E-state index contributed by atoms with van der Waals surface area (Å²) >= 11 is 0. The maximum Gasteiger partial charge on any atom is 0.256 e. The Balaban J connectivity index is 1.78. The molecule has 0 N–H and O–H groups in total. The lowest BCUT2D eigenvalue weighted by molar-refractivity contribution is -0.122. The summed E-state index contributed by atoms with van der Waals surface area (Å²) in [5.41, 5.74) is 4.31. The molecule has 1 heterocycles. The second-order valence-corrected chi connectivity index (χ2v) is 7.46. The van der Waals surface area contributed by atoms with Gasteiger partial charge in [-0.2, -0.15) is 0 Å². The van der Waals surface area contributed by atoms with Gasteiger partial charge in [0.05, 0.1) is 11.3 Å². The van der Waals surface area contributed by atoms with Crippen molar-refractivity contribution in [1.29, 1.82) is 0 Å². The Morgan fingerprint density at radius 1 is 0.828 bits per heavy atom. The van der Waals surface area contributed by atoms with Gasteiger partial charge in [-0.05, 0) is 36.6 Å². The number of anilines is 1. The Kier molecular flexibility index (Phi) is 5.17. The molecule has 4 rings (SSSR count). The molecular formula is C25H24N2O2. The Morgan fingerprint density at radius 2 is 1.48 bits per heavy atom. The van der Waals surface area contributed by atoms with E-state index in [1.807, 2.05) is 79.7 Å². The molecular weight excluding hydrogens is 360 g/mol. The third kappa shape index (κ3) is 3.66. The van der Waals surface area contributed by atoms with Crippen molar-refractivity contribution in [1.82, 2.24) is 4.90 Å². The maximum absolute atomic E-state index is 13.5. The quantitative estimate of drug-likeness (QED) is 0.669. The number of hydrogen-bond acceptors (Lipinski definition) is 2. The van der Waals surface area contributed by atoms with Crippen LogP contribution in [-0.2, 0) is 11.2 Å². The molecule has 1 aliphatic rings. The molecule has 0 bridgehead atoms. The predicted octanol–water partition coefficient (Wildman–Crippen LogP) is 4.40. The lowest BCUT2D eigenvalue weighted by Crippen LogP contribution is -2.42. The second kappa shape index (κ2) is 7.92. The number of benzene rings is 3. The van der Waals surface area contributed by atoms with E-state index in [0.717, 1.165) is 16.7 Å². The van der Waals surface area contributed by atoms with E-state index >= 15 is 0 Å². The van der Waals surface area contributed by atoms with Crippen molar-refractivity contribution < 1.29 is 9.59 Å². The predicted molar refractivity (Wildman–Crippen MR) is 115 cm³/mol. The van der Waals surface area contributed by atoms with Crippen LogP contribution in [0.3, 0.4) is 0 Å². The van der Waals surface area contributed by atoms with Crippen LogP contribution in [0.1, 0.15) is 33.1 Å². The summed E-state index contributed by atoms with van der Waals surface area (Å²) in [5, 5.41) is 0. The first kappa shape index (κ1) is 18.9. The van der Waals surface area contributed by atoms with E-state index in [2.05, 4.69) is 0 Å². The van der Waals surface area contributed by atoms with Crippen LogP contribution in [0, 0.1) is 6.92 Å². The molecule has 0 radical (unpaired) electrons. The van der Waals surface area contributed by atoms with E-state index in [1.54, 1.807) is 22.9 Å². The second-order valence-electron chi connectivity index (χ2n) is 7.46. The molecule has 3 aromatic carbocycles. The van der Waals surface area contributed by atoms with Crippen LogP contribution in [0.25, 0.3) is 0 Å². The van der Waals surface area contributed by atoms with Crippen molar-refractivity contribution in [2.75, 3.05) is 18.5 Å². The number of amides is 2. The summed E-state index contributed by atoms with van der Waals surface area (Å²) < 4.78 is 0. The first-order chi connectivity index (χ1) is 14.1. The van der Waals surface area contributed by atoms with Gasteiger partial charge in [-0.3, -0.25) is 9.59 Å². The SMILES string of the molecule is Cc1ccc([C@@H]2C(=O)N(C)c3ccccc3C(=O)N2CCc2ccccc2)cc1. The average molecular weight is 384 g/mol. The summed E-state index contributed by atoms with van der Waals surface area (Å²) in [7, 11) is 1.75. The van der Waals surface area contributed by atoms with E-state index in [0.29, 0.717) is 24.2 Å². The zero-order chi connectivity index (χ0) is 20.4. The summed E-state index contributed by atoms with van der Waals surface area (Å²) in [5.74, 6) is -0.208. The van der Waals surface area contributed by atoms with Crippen LogP contribution in [0.4, 0.5) is 5.69 Å². The van der Waals surface area contributed by atoms with E-state index < -0.39 is 6.04 Å². The number of hydrogen-bond donors (Lipinski definition) is 0. The number of likely N-dealkylation sites (N-methyl/N-ethyl adjacent to an activating group) is 1. The molecule has 4 nitrogen and oxygen atoms in total. The molecule has 3 aromatic rings. The monoisotopic (exact) mass is 384 g/mol. The van der Waals surface area contributed by atoms with Gasteiger partial charge in [0, 0.05) is 13.6 Å². The van der Waals surface area contributed by atoms with Crippen molar-refractivity contribution in [3.05, 3.63) is 101 Å². The Bertz CT molecular complexity index is 1030. The lowest BCUT2D eigenvalue weighted by Gasteiger charge is -2.30. The Morgan fingerprint density at radius 3 is 2.21 bits per heavy atom. The van der Waals surface area contributed by atoms with Gasteiger partial charge in [-0.1, -0.05) is 72.3 Å². The van der Waals surface area contributed by atoms with Crippen molar-refractivity contribution in [2.45, 2.75) is 19.4 Å². The highest BCUT2D eigenvalue weighted by Gasteiger charge is 2.38. The molecule has 0 aromatic heterocycles. The van der Waals surface area contributed by atoms with Gasteiger partial charge in [0.1, 0.15) is 6.04 Å². The largest absolute Gasteiger partial charge is 0.322 e. The van der Waals surface area contributed by atoms with Crippen LogP contribution >= 0.6 is 0 Å². The molecule has 29 heavy (non-hydrogen) atoms. The molecule has 0 spiro atoms. The fraction of sp³-hybridized carbons (Fsp3) is 0.200. The highest BCUT2D eigenvalue weighted by atomic mass is 16.2. The van der Waals surface area contributed by atoms with E-state index in [4.69, 9.17) is 0 Å². The molecule has 0 unspecified atom stereocenters. The summed E-state index contributed by atoms with van der Waals surface area (Å²) in [6.07, 6.45) is 0.689. The molecule has 0 saturated heterocycles. The summed E-state index contributed by atoms with van der Waals surface area (Å²) in [6, 6.07) is 24.6. The number of aryl methyl sites for hydroxylation is 1. The Labute approximate surface area is 171 Å². The number of carbonyl (C=O) groups excluding carboxylic acids is 2. The summed E-state index contributed by atoms with van der Waals surface area (Å²) in [6.45, 7) is 2.48. The first-order valence-corrected chi connectivity index (χ1v) is 9.84. The van der Waals surface area contributed by atoms with Gasteiger partial charge in [-0.15, -0.1) is 0 Å². The fourth-order valence-corrected chi connectivity index (χ4v) is 3.85. The zero-order valence-electron chi connectivity index (χ0n) is 16.7. The van der Waals surface area contributed by atoms with E-state index in [1.165, 1.54) is 0 Å². The minimum Gasteiger partial charge on any atom is -0.322 e. The minimum absolute atomic E-state index is 0.0970. The first-order valence-electron chi connectivity index (χ1n) is 9.84. The fourth-order valence-electron chi connectivity index (χ4n) is 3.85. The van der Waals surface area contributed by atoms with E-state index in [9.17, 15) is 9.59 Å². The van der Waals surface area contributed by atoms with Gasteiger partial charge in [0.2, 0.25) is 0 Å². The van der Waals surface area contributed by atoms with Gasteiger partial charge in [0.25, 0.3) is 11.8 Å². The van der Waals surface area contributed by atoms with Crippen LogP contribution in [0.2, 0.25) is 0 Å². The number of para-hydroxylation sites is 1. The normalized spacial score (nSPS) is 16.6. The van der Waals surface area contributed by atoms with E-state index in [-0.39, 0.29) is 11.8 Å². The van der Waals surface area contributed by atoms with Gasteiger partial charge in [-0.25, -0.2) is 0 Å². The number of nitrogens with zero attached hydrogens (tertiary/aromatic N) is 2. The highest BCUT2D eigenvalue weighted by molar-refractivity contribution is 6.10. The zero-order valence-corrected chi connectivity index (χ0v) is 16.7.